The number of amides is 1. The van der Waals surface area contributed by atoms with Gasteiger partial charge in [0.1, 0.15) is 17.4 Å². The van der Waals surface area contributed by atoms with Crippen molar-refractivity contribution < 1.29 is 9.53 Å². The van der Waals surface area contributed by atoms with Gasteiger partial charge in [0.05, 0.1) is 6.61 Å². The number of nitriles is 1. The second-order valence-electron chi connectivity index (χ2n) is 6.26. The van der Waals surface area contributed by atoms with Crippen molar-refractivity contribution in [1.82, 2.24) is 0 Å². The predicted octanol–water partition coefficient (Wildman–Crippen LogP) is 4.58. The van der Waals surface area contributed by atoms with Gasteiger partial charge < -0.3 is 10.1 Å². The lowest BCUT2D eigenvalue weighted by Gasteiger charge is -2.08. The zero-order valence-electron chi connectivity index (χ0n) is 14.7. The normalized spacial score (nSPS) is 11.1. The van der Waals surface area contributed by atoms with Crippen LogP contribution in [0, 0.1) is 24.2 Å². The van der Waals surface area contributed by atoms with Crippen LogP contribution in [0.25, 0.3) is 6.08 Å². The van der Waals surface area contributed by atoms with Gasteiger partial charge in [-0.3, -0.25) is 4.79 Å². The maximum Gasteiger partial charge on any atom is 0.266 e. The van der Waals surface area contributed by atoms with E-state index in [2.05, 4.69) is 19.2 Å². The van der Waals surface area contributed by atoms with Gasteiger partial charge in [-0.25, -0.2) is 0 Å². The summed E-state index contributed by atoms with van der Waals surface area (Å²) in [6, 6.07) is 16.7. The van der Waals surface area contributed by atoms with Gasteiger partial charge in [-0.1, -0.05) is 43.7 Å². The Balaban J connectivity index is 2.07. The number of carbonyl (C=O) groups excluding carboxylic acids is 1. The molecule has 0 saturated heterocycles. The lowest BCUT2D eigenvalue weighted by Crippen LogP contribution is -2.13. The van der Waals surface area contributed by atoms with Crippen molar-refractivity contribution in [3.05, 3.63) is 65.2 Å². The highest BCUT2D eigenvalue weighted by atomic mass is 16.5. The zero-order valence-corrected chi connectivity index (χ0v) is 14.7. The molecular weight excluding hydrogens is 312 g/mol. The van der Waals surface area contributed by atoms with Crippen LogP contribution in [-0.4, -0.2) is 12.5 Å². The van der Waals surface area contributed by atoms with Crippen LogP contribution in [0.4, 0.5) is 5.69 Å². The van der Waals surface area contributed by atoms with Gasteiger partial charge in [-0.15, -0.1) is 0 Å². The Kier molecular flexibility index (Phi) is 6.36. The van der Waals surface area contributed by atoms with Crippen molar-refractivity contribution in [2.24, 2.45) is 5.92 Å². The van der Waals surface area contributed by atoms with Crippen LogP contribution in [-0.2, 0) is 4.79 Å². The summed E-state index contributed by atoms with van der Waals surface area (Å²) in [5, 5.41) is 12.0. The Morgan fingerprint density at radius 3 is 2.36 bits per heavy atom. The van der Waals surface area contributed by atoms with Crippen LogP contribution in [0.2, 0.25) is 0 Å². The SMILES string of the molecule is Cc1ccc(NC(=O)/C(C#N)=C\c2ccc(OCC(C)C)cc2)cc1. The molecule has 0 fully saturated rings. The summed E-state index contributed by atoms with van der Waals surface area (Å²) < 4.78 is 5.62. The lowest BCUT2D eigenvalue weighted by atomic mass is 10.1. The standard InChI is InChI=1S/C21H22N2O2/c1-15(2)14-25-20-10-6-17(7-11-20)12-18(13-22)21(24)23-19-8-4-16(3)5-9-19/h4-12,15H,14H2,1-3H3,(H,23,24)/b18-12-. The summed E-state index contributed by atoms with van der Waals surface area (Å²) in [5.41, 5.74) is 2.59. The van der Waals surface area contributed by atoms with E-state index in [1.54, 1.807) is 6.08 Å². The highest BCUT2D eigenvalue weighted by Gasteiger charge is 2.09. The summed E-state index contributed by atoms with van der Waals surface area (Å²) in [6.07, 6.45) is 1.57. The molecule has 0 radical (unpaired) electrons. The predicted molar refractivity (Wildman–Crippen MR) is 100 cm³/mol. The van der Waals surface area contributed by atoms with Crippen LogP contribution >= 0.6 is 0 Å². The first kappa shape index (κ1) is 18.3. The molecule has 0 bridgehead atoms. The molecule has 0 saturated carbocycles. The third kappa shape index (κ3) is 5.82. The van der Waals surface area contributed by atoms with E-state index in [0.717, 1.165) is 16.9 Å². The fourth-order valence-corrected chi connectivity index (χ4v) is 2.07. The summed E-state index contributed by atoms with van der Waals surface area (Å²) in [5.74, 6) is 0.801. The molecular formula is C21H22N2O2. The molecule has 1 amide bonds. The molecule has 0 spiro atoms. The van der Waals surface area contributed by atoms with Gasteiger partial charge in [0.15, 0.2) is 0 Å². The number of rotatable bonds is 6. The van der Waals surface area contributed by atoms with Gasteiger partial charge in [0, 0.05) is 5.69 Å². The van der Waals surface area contributed by atoms with Gasteiger partial charge in [0.2, 0.25) is 0 Å². The fourth-order valence-electron chi connectivity index (χ4n) is 2.07. The Morgan fingerprint density at radius 2 is 1.80 bits per heavy atom. The number of ether oxygens (including phenoxy) is 1. The Hall–Kier alpha value is -3.06. The first-order chi connectivity index (χ1) is 12.0. The quantitative estimate of drug-likeness (QED) is 0.621. The smallest absolute Gasteiger partial charge is 0.266 e. The number of aryl methyl sites for hydroxylation is 1. The first-order valence-corrected chi connectivity index (χ1v) is 8.20. The molecule has 0 heterocycles. The summed E-state index contributed by atoms with van der Waals surface area (Å²) in [6.45, 7) is 6.80. The molecule has 0 atom stereocenters. The van der Waals surface area contributed by atoms with E-state index in [9.17, 15) is 10.1 Å². The number of nitrogens with one attached hydrogen (secondary N) is 1. The van der Waals surface area contributed by atoms with E-state index in [1.165, 1.54) is 0 Å². The molecule has 0 aliphatic heterocycles. The van der Waals surface area contributed by atoms with Crippen LogP contribution in [0.15, 0.2) is 54.1 Å². The fraction of sp³-hybridized carbons (Fsp3) is 0.238. The molecule has 0 unspecified atom stereocenters. The molecule has 0 aliphatic carbocycles. The average Bonchev–Trinajstić information content (AvgIpc) is 2.60. The van der Waals surface area contributed by atoms with Crippen LogP contribution in [0.5, 0.6) is 5.75 Å². The van der Waals surface area contributed by atoms with E-state index in [1.807, 2.05) is 61.5 Å². The van der Waals surface area contributed by atoms with Crippen molar-refractivity contribution >= 4 is 17.7 Å². The maximum atomic E-state index is 12.3. The van der Waals surface area contributed by atoms with Crippen LogP contribution in [0.3, 0.4) is 0 Å². The minimum atomic E-state index is -0.425. The molecule has 4 nitrogen and oxygen atoms in total. The Bertz CT molecular complexity index is 782. The molecule has 2 aromatic rings. The largest absolute Gasteiger partial charge is 0.493 e. The van der Waals surface area contributed by atoms with Crippen LogP contribution < -0.4 is 10.1 Å². The minimum Gasteiger partial charge on any atom is -0.493 e. The maximum absolute atomic E-state index is 12.3. The number of hydrogen-bond donors (Lipinski definition) is 1. The van der Waals surface area contributed by atoms with Gasteiger partial charge >= 0.3 is 0 Å². The minimum absolute atomic E-state index is 0.0522. The Labute approximate surface area is 148 Å². The van der Waals surface area contributed by atoms with E-state index in [0.29, 0.717) is 18.2 Å². The second kappa shape index (κ2) is 8.70. The van der Waals surface area contributed by atoms with Crippen LogP contribution in [0.1, 0.15) is 25.0 Å². The molecule has 0 aliphatic rings. The highest BCUT2D eigenvalue weighted by molar-refractivity contribution is 6.09. The summed E-state index contributed by atoms with van der Waals surface area (Å²) in [7, 11) is 0. The van der Waals surface area contributed by atoms with E-state index < -0.39 is 5.91 Å². The van der Waals surface area contributed by atoms with Crippen molar-refractivity contribution in [1.29, 1.82) is 5.26 Å². The molecule has 2 rings (SSSR count). The Morgan fingerprint density at radius 1 is 1.16 bits per heavy atom. The molecule has 4 heteroatoms. The number of hydrogen-bond acceptors (Lipinski definition) is 3. The number of carbonyl (C=O) groups is 1. The van der Waals surface area contributed by atoms with Crippen molar-refractivity contribution in [2.45, 2.75) is 20.8 Å². The third-order valence-electron chi connectivity index (χ3n) is 3.45. The molecule has 1 N–H and O–H groups in total. The van der Waals surface area contributed by atoms with Gasteiger partial charge in [-0.2, -0.15) is 5.26 Å². The van der Waals surface area contributed by atoms with Crippen molar-refractivity contribution in [3.8, 4) is 11.8 Å². The number of nitrogens with zero attached hydrogens (tertiary/aromatic N) is 1. The number of anilines is 1. The third-order valence-corrected chi connectivity index (χ3v) is 3.45. The van der Waals surface area contributed by atoms with E-state index in [4.69, 9.17) is 4.74 Å². The van der Waals surface area contributed by atoms with Gasteiger partial charge in [0.25, 0.3) is 5.91 Å². The highest BCUT2D eigenvalue weighted by Crippen LogP contribution is 2.16. The van der Waals surface area contributed by atoms with E-state index in [-0.39, 0.29) is 5.57 Å². The summed E-state index contributed by atoms with van der Waals surface area (Å²) in [4.78, 5) is 12.3. The second-order valence-corrected chi connectivity index (χ2v) is 6.26. The van der Waals surface area contributed by atoms with Crippen molar-refractivity contribution in [2.75, 3.05) is 11.9 Å². The lowest BCUT2D eigenvalue weighted by molar-refractivity contribution is -0.112. The molecule has 2 aromatic carbocycles. The summed E-state index contributed by atoms with van der Waals surface area (Å²) >= 11 is 0. The number of benzene rings is 2. The first-order valence-electron chi connectivity index (χ1n) is 8.20. The van der Waals surface area contributed by atoms with E-state index >= 15 is 0 Å². The monoisotopic (exact) mass is 334 g/mol. The van der Waals surface area contributed by atoms with Crippen molar-refractivity contribution in [3.63, 3.8) is 0 Å². The zero-order chi connectivity index (χ0) is 18.2. The molecule has 25 heavy (non-hydrogen) atoms. The molecule has 0 aromatic heterocycles. The topological polar surface area (TPSA) is 62.1 Å². The molecule has 128 valence electrons. The van der Waals surface area contributed by atoms with Gasteiger partial charge in [-0.05, 0) is 48.7 Å². The average molecular weight is 334 g/mol.